The van der Waals surface area contributed by atoms with Gasteiger partial charge in [0.2, 0.25) is 5.91 Å². The summed E-state index contributed by atoms with van der Waals surface area (Å²) < 4.78 is 5.50. The number of carbonyl (C=O) groups excluding carboxylic acids is 2. The van der Waals surface area contributed by atoms with Crippen LogP contribution in [0.25, 0.3) is 0 Å². The molecule has 0 saturated carbocycles. The third-order valence-corrected chi connectivity index (χ3v) is 17.8. The van der Waals surface area contributed by atoms with Crippen LogP contribution in [-0.4, -0.2) is 47.4 Å². The number of rotatable bonds is 71. The summed E-state index contributed by atoms with van der Waals surface area (Å²) in [7, 11) is 0. The van der Waals surface area contributed by atoms with Crippen molar-refractivity contribution in [3.05, 3.63) is 12.2 Å². The molecule has 6 heteroatoms. The average Bonchev–Trinajstić information content (AvgIpc) is 3.47. The summed E-state index contributed by atoms with van der Waals surface area (Å²) in [6.45, 7) is 5.00. The zero-order valence-electron chi connectivity index (χ0n) is 55.3. The maximum Gasteiger partial charge on any atom is 0.305 e. The van der Waals surface area contributed by atoms with E-state index in [1.165, 1.54) is 360 Å². The van der Waals surface area contributed by atoms with Gasteiger partial charge in [-0.1, -0.05) is 379 Å². The van der Waals surface area contributed by atoms with E-state index in [4.69, 9.17) is 4.74 Å². The molecule has 3 N–H and O–H groups in total. The van der Waals surface area contributed by atoms with Gasteiger partial charge in [0, 0.05) is 12.8 Å². The first-order chi connectivity index (χ1) is 40.0. The van der Waals surface area contributed by atoms with Crippen molar-refractivity contribution >= 4 is 11.9 Å². The predicted molar refractivity (Wildman–Crippen MR) is 357 cm³/mol. The molecule has 0 rings (SSSR count). The van der Waals surface area contributed by atoms with E-state index in [0.29, 0.717) is 25.9 Å². The van der Waals surface area contributed by atoms with Crippen LogP contribution in [0.5, 0.6) is 0 Å². The van der Waals surface area contributed by atoms with E-state index in [2.05, 4.69) is 31.3 Å². The molecule has 0 spiro atoms. The summed E-state index contributed by atoms with van der Waals surface area (Å²) in [6, 6.07) is -0.539. The van der Waals surface area contributed by atoms with Gasteiger partial charge in [0.05, 0.1) is 25.4 Å². The van der Waals surface area contributed by atoms with E-state index < -0.39 is 12.1 Å². The average molecular weight is 1140 g/mol. The van der Waals surface area contributed by atoms with Gasteiger partial charge in [-0.2, -0.15) is 0 Å². The number of unbranched alkanes of at least 4 members (excludes halogenated alkanes) is 58. The predicted octanol–water partition coefficient (Wildman–Crippen LogP) is 24.3. The normalized spacial score (nSPS) is 12.5. The number of hydrogen-bond acceptors (Lipinski definition) is 5. The lowest BCUT2D eigenvalue weighted by Crippen LogP contribution is -2.45. The topological polar surface area (TPSA) is 95.9 Å². The molecule has 0 radical (unpaired) electrons. The van der Waals surface area contributed by atoms with Gasteiger partial charge < -0.3 is 20.3 Å². The van der Waals surface area contributed by atoms with Gasteiger partial charge in [-0.25, -0.2) is 0 Å². The second kappa shape index (κ2) is 71.1. The van der Waals surface area contributed by atoms with E-state index in [0.717, 1.165) is 38.5 Å². The van der Waals surface area contributed by atoms with Crippen molar-refractivity contribution in [3.8, 4) is 0 Å². The lowest BCUT2D eigenvalue weighted by atomic mass is 10.0. The molecular weight excluding hydrogens is 995 g/mol. The Morgan fingerprint density at radius 3 is 0.877 bits per heavy atom. The Balaban J connectivity index is 3.34. The zero-order chi connectivity index (χ0) is 58.5. The van der Waals surface area contributed by atoms with E-state index >= 15 is 0 Å². The molecule has 0 bridgehead atoms. The Labute approximate surface area is 508 Å². The summed E-state index contributed by atoms with van der Waals surface area (Å²) in [6.07, 6.45) is 88.5. The van der Waals surface area contributed by atoms with Crippen LogP contribution in [-0.2, 0) is 14.3 Å². The molecule has 482 valence electrons. The van der Waals surface area contributed by atoms with Gasteiger partial charge >= 0.3 is 5.97 Å². The first-order valence-corrected chi connectivity index (χ1v) is 37.4. The number of aliphatic hydroxyl groups excluding tert-OH is 2. The summed E-state index contributed by atoms with van der Waals surface area (Å²) in [5.74, 6) is -0.00581. The second-order valence-electron chi connectivity index (χ2n) is 26.0. The third-order valence-electron chi connectivity index (χ3n) is 17.8. The Kier molecular flexibility index (Phi) is 69.9. The van der Waals surface area contributed by atoms with Crippen LogP contribution in [0.3, 0.4) is 0 Å². The molecule has 2 atom stereocenters. The molecule has 2 unspecified atom stereocenters. The minimum absolute atomic E-state index is 0.0222. The van der Waals surface area contributed by atoms with Gasteiger partial charge in [-0.05, 0) is 51.4 Å². The summed E-state index contributed by atoms with van der Waals surface area (Å²) >= 11 is 0. The lowest BCUT2D eigenvalue weighted by molar-refractivity contribution is -0.143. The highest BCUT2D eigenvalue weighted by molar-refractivity contribution is 5.76. The van der Waals surface area contributed by atoms with E-state index in [1.807, 2.05) is 0 Å². The summed E-state index contributed by atoms with van der Waals surface area (Å²) in [5, 5.41) is 23.4. The van der Waals surface area contributed by atoms with E-state index in [1.54, 1.807) is 0 Å². The molecular formula is C75H147NO5. The maximum atomic E-state index is 12.5. The number of carbonyl (C=O) groups is 2. The molecule has 81 heavy (non-hydrogen) atoms. The van der Waals surface area contributed by atoms with Crippen LogP contribution >= 0.6 is 0 Å². The number of allylic oxidation sites excluding steroid dienone is 2. The Bertz CT molecular complexity index is 1220. The second-order valence-corrected chi connectivity index (χ2v) is 26.0. The van der Waals surface area contributed by atoms with Crippen molar-refractivity contribution in [1.29, 1.82) is 0 Å². The van der Waals surface area contributed by atoms with Crippen LogP contribution in [0.4, 0.5) is 0 Å². The standard InChI is InChI=1S/C75H147NO5/c1-3-5-7-9-11-13-15-17-19-36-40-43-47-51-55-59-63-67-73(78)72(71-77)76-74(79)68-64-60-56-52-48-44-41-37-34-32-30-28-26-24-22-20-21-23-25-27-29-31-33-35-38-42-46-50-54-58-62-66-70-81-75(80)69-65-61-57-53-49-45-39-18-16-14-12-10-8-6-4-2/h23,25,72-73,77-78H,3-22,24,26-71H2,1-2H3,(H,76,79)/b25-23-. The minimum atomic E-state index is -0.662. The van der Waals surface area contributed by atoms with Gasteiger partial charge in [0.1, 0.15) is 0 Å². The van der Waals surface area contributed by atoms with Gasteiger partial charge in [-0.3, -0.25) is 9.59 Å². The van der Waals surface area contributed by atoms with Crippen molar-refractivity contribution in [3.63, 3.8) is 0 Å². The fraction of sp³-hybridized carbons (Fsp3) is 0.947. The minimum Gasteiger partial charge on any atom is -0.466 e. The monoisotopic (exact) mass is 1140 g/mol. The zero-order valence-corrected chi connectivity index (χ0v) is 55.3. The van der Waals surface area contributed by atoms with Crippen LogP contribution in [0, 0.1) is 0 Å². The smallest absolute Gasteiger partial charge is 0.305 e. The van der Waals surface area contributed by atoms with Crippen molar-refractivity contribution in [2.24, 2.45) is 0 Å². The van der Waals surface area contributed by atoms with Crippen molar-refractivity contribution in [1.82, 2.24) is 5.32 Å². The highest BCUT2D eigenvalue weighted by Gasteiger charge is 2.20. The third kappa shape index (κ3) is 67.6. The molecule has 0 aromatic carbocycles. The van der Waals surface area contributed by atoms with Crippen LogP contribution in [0.2, 0.25) is 0 Å². The van der Waals surface area contributed by atoms with Crippen molar-refractivity contribution < 1.29 is 24.5 Å². The highest BCUT2D eigenvalue weighted by Crippen LogP contribution is 2.20. The number of aliphatic hydroxyl groups is 2. The molecule has 0 aromatic rings. The molecule has 0 aliphatic heterocycles. The maximum absolute atomic E-state index is 12.5. The Hall–Kier alpha value is -1.40. The molecule has 0 aliphatic carbocycles. The van der Waals surface area contributed by atoms with Crippen LogP contribution < -0.4 is 5.32 Å². The quantitative estimate of drug-likeness (QED) is 0.0320. The largest absolute Gasteiger partial charge is 0.466 e. The Morgan fingerprint density at radius 2 is 0.580 bits per heavy atom. The number of ether oxygens (including phenoxy) is 1. The molecule has 0 saturated heterocycles. The first-order valence-electron chi connectivity index (χ1n) is 37.4. The lowest BCUT2D eigenvalue weighted by Gasteiger charge is -2.22. The number of esters is 1. The van der Waals surface area contributed by atoms with Gasteiger partial charge in [0.15, 0.2) is 0 Å². The molecule has 0 heterocycles. The molecule has 0 aromatic heterocycles. The Morgan fingerprint density at radius 1 is 0.333 bits per heavy atom. The van der Waals surface area contributed by atoms with Crippen LogP contribution in [0.1, 0.15) is 431 Å². The van der Waals surface area contributed by atoms with Gasteiger partial charge in [0.25, 0.3) is 0 Å². The fourth-order valence-corrected chi connectivity index (χ4v) is 12.1. The highest BCUT2D eigenvalue weighted by atomic mass is 16.5. The number of amides is 1. The van der Waals surface area contributed by atoms with Crippen molar-refractivity contribution in [2.75, 3.05) is 13.2 Å². The van der Waals surface area contributed by atoms with Crippen molar-refractivity contribution in [2.45, 2.75) is 443 Å². The van der Waals surface area contributed by atoms with Gasteiger partial charge in [-0.15, -0.1) is 0 Å². The number of hydrogen-bond donors (Lipinski definition) is 3. The van der Waals surface area contributed by atoms with Crippen LogP contribution in [0.15, 0.2) is 12.2 Å². The summed E-state index contributed by atoms with van der Waals surface area (Å²) in [4.78, 5) is 24.6. The summed E-state index contributed by atoms with van der Waals surface area (Å²) in [5.41, 5.74) is 0. The SMILES string of the molecule is CCCCCCCCCCCCCCCCCCCC(O)C(CO)NC(=O)CCCCCCCCCCCCCCCCCC/C=C\CCCCCCCCCCCCCCOC(=O)CCCCCCCCCCCCCCCCC. The molecule has 0 aliphatic rings. The fourth-order valence-electron chi connectivity index (χ4n) is 12.1. The number of nitrogens with one attached hydrogen (secondary N) is 1. The molecule has 1 amide bonds. The molecule has 6 nitrogen and oxygen atoms in total. The van der Waals surface area contributed by atoms with E-state index in [-0.39, 0.29) is 18.5 Å². The molecule has 0 fully saturated rings. The first kappa shape index (κ1) is 79.6. The van der Waals surface area contributed by atoms with E-state index in [9.17, 15) is 19.8 Å².